The number of hydrogen-bond acceptors (Lipinski definition) is 0. The van der Waals surface area contributed by atoms with Crippen molar-refractivity contribution in [2.75, 3.05) is 0 Å². The average molecular weight is 155 g/mol. The highest BCUT2D eigenvalue weighted by Gasteiger charge is 2.63. The van der Waals surface area contributed by atoms with Crippen LogP contribution in [0.2, 0.25) is 0 Å². The zero-order valence-electron chi connectivity index (χ0n) is 7.78. The normalized spacial score (nSPS) is 53.5. The first-order valence-corrected chi connectivity index (χ1v) is 4.69. The van der Waals surface area contributed by atoms with Crippen molar-refractivity contribution < 1.29 is 5.11 Å². The van der Waals surface area contributed by atoms with Crippen molar-refractivity contribution in [3.05, 3.63) is 0 Å². The number of rotatable bonds is 0. The van der Waals surface area contributed by atoms with Gasteiger partial charge >= 0.3 is 0 Å². The minimum absolute atomic E-state index is 0.219. The van der Waals surface area contributed by atoms with Gasteiger partial charge in [0.2, 0.25) is 0 Å². The Morgan fingerprint density at radius 3 is 2.09 bits per heavy atom. The van der Waals surface area contributed by atoms with Crippen molar-refractivity contribution in [3.63, 3.8) is 0 Å². The molecule has 3 atom stereocenters. The molecular formula is C10H19O+. The van der Waals surface area contributed by atoms with Gasteiger partial charge in [0.25, 0.3) is 0 Å². The molecule has 2 saturated carbocycles. The lowest BCUT2D eigenvalue weighted by Crippen LogP contribution is -2.35. The van der Waals surface area contributed by atoms with Gasteiger partial charge in [0, 0.05) is 11.8 Å². The van der Waals surface area contributed by atoms with Crippen LogP contribution in [-0.4, -0.2) is 11.2 Å². The van der Waals surface area contributed by atoms with Gasteiger partial charge in [0.1, 0.15) is 0 Å². The summed E-state index contributed by atoms with van der Waals surface area (Å²) in [4.78, 5) is 0. The summed E-state index contributed by atoms with van der Waals surface area (Å²) in [6.45, 7) is 7.04. The van der Waals surface area contributed by atoms with Crippen molar-refractivity contribution in [2.24, 2.45) is 16.7 Å². The van der Waals surface area contributed by atoms with Gasteiger partial charge in [-0.2, -0.15) is 0 Å². The van der Waals surface area contributed by atoms with E-state index in [1.54, 1.807) is 0 Å². The zero-order valence-corrected chi connectivity index (χ0v) is 7.78. The van der Waals surface area contributed by atoms with Crippen LogP contribution in [-0.2, 0) is 0 Å². The van der Waals surface area contributed by atoms with E-state index in [0.29, 0.717) is 10.8 Å². The SMILES string of the molecule is CC1(C)C2CCC1(C)C([OH2+])C2. The molecule has 1 heteroatoms. The van der Waals surface area contributed by atoms with Gasteiger partial charge in [0.15, 0.2) is 6.10 Å². The fourth-order valence-electron chi connectivity index (χ4n) is 3.20. The molecule has 0 aromatic carbocycles. The van der Waals surface area contributed by atoms with Crippen LogP contribution in [0.3, 0.4) is 0 Å². The van der Waals surface area contributed by atoms with Crippen LogP contribution in [0.25, 0.3) is 0 Å². The molecule has 0 radical (unpaired) electrons. The monoisotopic (exact) mass is 155 g/mol. The molecular weight excluding hydrogens is 136 g/mol. The third-order valence-electron chi connectivity index (χ3n) is 4.79. The molecule has 2 N–H and O–H groups in total. The Kier molecular flexibility index (Phi) is 1.26. The summed E-state index contributed by atoms with van der Waals surface area (Å²) in [7, 11) is 0. The summed E-state index contributed by atoms with van der Waals surface area (Å²) in [6.07, 6.45) is 4.04. The summed E-state index contributed by atoms with van der Waals surface area (Å²) < 4.78 is 0. The third-order valence-corrected chi connectivity index (χ3v) is 4.79. The zero-order chi connectivity index (χ0) is 8.28. The predicted octanol–water partition coefficient (Wildman–Crippen LogP) is 1.93. The van der Waals surface area contributed by atoms with Gasteiger partial charge in [-0.3, -0.25) is 0 Å². The smallest absolute Gasteiger partial charge is 0.159 e. The van der Waals surface area contributed by atoms with Crippen molar-refractivity contribution in [1.29, 1.82) is 0 Å². The minimum Gasteiger partial charge on any atom is -0.443 e. The summed E-state index contributed by atoms with van der Waals surface area (Å²) >= 11 is 0. The van der Waals surface area contributed by atoms with Crippen molar-refractivity contribution in [2.45, 2.75) is 46.1 Å². The van der Waals surface area contributed by atoms with Crippen LogP contribution in [0.4, 0.5) is 0 Å². The standard InChI is InChI=1S/C10H18O/c1-9(2)7-4-5-10(9,3)8(11)6-7/h7-8,11H,4-6H2,1-3H3/p+1. The summed E-state index contributed by atoms with van der Waals surface area (Å²) in [5.74, 6) is 0.843. The van der Waals surface area contributed by atoms with Crippen molar-refractivity contribution in [1.82, 2.24) is 0 Å². The third kappa shape index (κ3) is 0.658. The van der Waals surface area contributed by atoms with Crippen LogP contribution in [0, 0.1) is 16.7 Å². The van der Waals surface area contributed by atoms with Crippen LogP contribution in [0.15, 0.2) is 0 Å². The largest absolute Gasteiger partial charge is 0.443 e. The lowest BCUT2D eigenvalue weighted by Gasteiger charge is -2.34. The highest BCUT2D eigenvalue weighted by molar-refractivity contribution is 5.10. The maximum atomic E-state index is 7.97. The predicted molar refractivity (Wildman–Crippen MR) is 46.6 cm³/mol. The fourth-order valence-corrected chi connectivity index (χ4v) is 3.20. The Hall–Kier alpha value is -0.0400. The quantitative estimate of drug-likeness (QED) is 0.477. The Morgan fingerprint density at radius 2 is 1.91 bits per heavy atom. The Labute approximate surface area is 68.8 Å². The van der Waals surface area contributed by atoms with E-state index in [-0.39, 0.29) is 6.10 Å². The molecule has 64 valence electrons. The first kappa shape index (κ1) is 7.60. The summed E-state index contributed by atoms with van der Waals surface area (Å²) in [6, 6.07) is 0. The molecule has 2 aliphatic carbocycles. The Morgan fingerprint density at radius 1 is 1.27 bits per heavy atom. The second-order valence-corrected chi connectivity index (χ2v) is 5.16. The second-order valence-electron chi connectivity index (χ2n) is 5.16. The Bertz CT molecular complexity index is 185. The highest BCUT2D eigenvalue weighted by Crippen LogP contribution is 2.65. The van der Waals surface area contributed by atoms with E-state index in [1.807, 2.05) is 0 Å². The van der Waals surface area contributed by atoms with Gasteiger partial charge in [0.05, 0.1) is 0 Å². The van der Waals surface area contributed by atoms with Crippen LogP contribution >= 0.6 is 0 Å². The molecule has 2 rings (SSSR count). The fraction of sp³-hybridized carbons (Fsp3) is 1.00. The summed E-state index contributed by atoms with van der Waals surface area (Å²) in [5, 5.41) is 7.97. The molecule has 0 heterocycles. The van der Waals surface area contributed by atoms with E-state index in [2.05, 4.69) is 20.8 Å². The van der Waals surface area contributed by atoms with E-state index in [9.17, 15) is 0 Å². The van der Waals surface area contributed by atoms with Crippen LogP contribution in [0.5, 0.6) is 0 Å². The molecule has 0 aromatic rings. The van der Waals surface area contributed by atoms with E-state index in [0.717, 1.165) is 12.3 Å². The molecule has 3 unspecified atom stereocenters. The van der Waals surface area contributed by atoms with E-state index in [1.165, 1.54) is 12.8 Å². The van der Waals surface area contributed by atoms with Crippen LogP contribution in [0.1, 0.15) is 40.0 Å². The lowest BCUT2D eigenvalue weighted by molar-refractivity contribution is 0.0126. The molecule has 0 aliphatic heterocycles. The molecule has 0 saturated heterocycles. The summed E-state index contributed by atoms with van der Waals surface area (Å²) in [5.41, 5.74) is 0.775. The molecule has 0 amide bonds. The molecule has 11 heavy (non-hydrogen) atoms. The topological polar surface area (TPSA) is 22.9 Å². The maximum absolute atomic E-state index is 7.97. The average Bonchev–Trinajstić information content (AvgIpc) is 2.20. The molecule has 2 bridgehead atoms. The van der Waals surface area contributed by atoms with Gasteiger partial charge < -0.3 is 5.11 Å². The van der Waals surface area contributed by atoms with E-state index in [4.69, 9.17) is 5.11 Å². The van der Waals surface area contributed by atoms with Gasteiger partial charge in [-0.25, -0.2) is 0 Å². The molecule has 0 spiro atoms. The highest BCUT2D eigenvalue weighted by atomic mass is 16.3. The van der Waals surface area contributed by atoms with Crippen molar-refractivity contribution >= 4 is 0 Å². The van der Waals surface area contributed by atoms with E-state index >= 15 is 0 Å². The van der Waals surface area contributed by atoms with E-state index < -0.39 is 0 Å². The Balaban J connectivity index is 2.40. The molecule has 2 fully saturated rings. The first-order chi connectivity index (χ1) is 4.98. The van der Waals surface area contributed by atoms with Gasteiger partial charge in [-0.05, 0) is 24.2 Å². The molecule has 0 aromatic heterocycles. The minimum atomic E-state index is 0.219. The first-order valence-electron chi connectivity index (χ1n) is 4.69. The van der Waals surface area contributed by atoms with Gasteiger partial charge in [-0.15, -0.1) is 0 Å². The molecule has 2 aliphatic rings. The van der Waals surface area contributed by atoms with Crippen LogP contribution < -0.4 is 0 Å². The maximum Gasteiger partial charge on any atom is 0.159 e. The lowest BCUT2D eigenvalue weighted by atomic mass is 9.70. The number of hydrogen-bond donors (Lipinski definition) is 0. The van der Waals surface area contributed by atoms with Gasteiger partial charge in [-0.1, -0.05) is 20.8 Å². The van der Waals surface area contributed by atoms with Crippen molar-refractivity contribution in [3.8, 4) is 0 Å². The number of fused-ring (bicyclic) bond motifs is 2. The second kappa shape index (κ2) is 1.82. The molecule has 1 nitrogen and oxygen atoms in total.